The molecular weight excluding hydrogens is 308 g/mol. The number of fused-ring (bicyclic) bond motifs is 5. The molecule has 0 N–H and O–H groups in total. The van der Waals surface area contributed by atoms with Crippen molar-refractivity contribution in [3.05, 3.63) is 35.5 Å². The van der Waals surface area contributed by atoms with E-state index in [1.807, 2.05) is 6.08 Å². The maximum atomic E-state index is 12.6. The second-order valence-corrected chi connectivity index (χ2v) is 9.08. The van der Waals surface area contributed by atoms with Gasteiger partial charge in [0.15, 0.2) is 5.78 Å². The molecule has 0 bridgehead atoms. The van der Waals surface area contributed by atoms with Gasteiger partial charge in [-0.05, 0) is 73.2 Å². The van der Waals surface area contributed by atoms with Crippen LogP contribution in [0.3, 0.4) is 0 Å². The number of hydrogen-bond donors (Lipinski definition) is 0. The Morgan fingerprint density at radius 1 is 1.16 bits per heavy atom. The van der Waals surface area contributed by atoms with Gasteiger partial charge >= 0.3 is 0 Å². The third-order valence-electron chi connectivity index (χ3n) is 7.81. The number of carbonyl (C=O) groups excluding carboxylic acids is 2. The first kappa shape index (κ1) is 17.0. The molecule has 0 saturated heterocycles. The zero-order chi connectivity index (χ0) is 17.8. The van der Waals surface area contributed by atoms with Crippen LogP contribution in [-0.4, -0.2) is 11.6 Å². The molecular formula is C23H30O2. The summed E-state index contributed by atoms with van der Waals surface area (Å²) in [6.45, 7) is 6.77. The number of ketones is 2. The zero-order valence-electron chi connectivity index (χ0n) is 15.8. The molecule has 0 spiro atoms. The van der Waals surface area contributed by atoms with Gasteiger partial charge in [-0.2, -0.15) is 0 Å². The topological polar surface area (TPSA) is 34.1 Å². The van der Waals surface area contributed by atoms with Crippen molar-refractivity contribution in [2.75, 3.05) is 0 Å². The van der Waals surface area contributed by atoms with E-state index in [0.717, 1.165) is 38.5 Å². The van der Waals surface area contributed by atoms with E-state index in [9.17, 15) is 9.59 Å². The van der Waals surface area contributed by atoms with Crippen LogP contribution >= 0.6 is 0 Å². The van der Waals surface area contributed by atoms with Crippen LogP contribution in [0, 0.1) is 28.6 Å². The Hall–Kier alpha value is -1.44. The van der Waals surface area contributed by atoms with Crippen LogP contribution in [0.5, 0.6) is 0 Å². The smallest absolute Gasteiger partial charge is 0.178 e. The molecule has 0 unspecified atom stereocenters. The Balaban J connectivity index is 1.80. The van der Waals surface area contributed by atoms with Crippen molar-refractivity contribution >= 4 is 11.6 Å². The molecule has 25 heavy (non-hydrogen) atoms. The van der Waals surface area contributed by atoms with Gasteiger partial charge in [0, 0.05) is 17.3 Å². The van der Waals surface area contributed by atoms with E-state index in [1.165, 1.54) is 17.6 Å². The van der Waals surface area contributed by atoms with Gasteiger partial charge in [0.2, 0.25) is 0 Å². The number of hydrogen-bond acceptors (Lipinski definition) is 2. The number of unbranched alkanes of at least 4 members (excludes halogenated alkanes) is 1. The maximum Gasteiger partial charge on any atom is 0.178 e. The van der Waals surface area contributed by atoms with Gasteiger partial charge in [-0.1, -0.05) is 39.3 Å². The van der Waals surface area contributed by atoms with Crippen molar-refractivity contribution < 1.29 is 9.59 Å². The third kappa shape index (κ3) is 2.36. The molecule has 5 atom stereocenters. The first-order valence-electron chi connectivity index (χ1n) is 10.1. The summed E-state index contributed by atoms with van der Waals surface area (Å²) in [5.74, 6) is 2.11. The van der Waals surface area contributed by atoms with Crippen molar-refractivity contribution in [3.8, 4) is 0 Å². The molecule has 0 aromatic rings. The molecule has 0 aromatic heterocycles. The number of Topliss-reactive ketones (excluding diaryl/α,β-unsaturated/α-hetero) is 1. The fourth-order valence-corrected chi connectivity index (χ4v) is 6.26. The Bertz CT molecular complexity index is 710. The largest absolute Gasteiger partial charge is 0.299 e. The van der Waals surface area contributed by atoms with Gasteiger partial charge in [0.25, 0.3) is 0 Å². The summed E-state index contributed by atoms with van der Waals surface area (Å²) in [7, 11) is 0. The zero-order valence-corrected chi connectivity index (χ0v) is 15.8. The van der Waals surface area contributed by atoms with Crippen molar-refractivity contribution in [1.29, 1.82) is 0 Å². The summed E-state index contributed by atoms with van der Waals surface area (Å²) < 4.78 is 0. The van der Waals surface area contributed by atoms with Gasteiger partial charge in [0.05, 0.1) is 0 Å². The lowest BCUT2D eigenvalue weighted by Crippen LogP contribution is -2.49. The van der Waals surface area contributed by atoms with Gasteiger partial charge in [-0.25, -0.2) is 0 Å². The highest BCUT2D eigenvalue weighted by atomic mass is 16.1. The standard InChI is InChI=1S/C23H30O2/c1-4-5-6-15-13-17-18-7-8-21(25)23(18,3)12-10-19(17)22(2)11-9-16(24)14-20(15)22/h9,11,13-14,17-19H,4-8,10,12H2,1-3H3/t17-,18-,19-,22+,23-/m0/s1. The fraction of sp³-hybridized carbons (Fsp3) is 0.652. The summed E-state index contributed by atoms with van der Waals surface area (Å²) in [4.78, 5) is 24.7. The van der Waals surface area contributed by atoms with E-state index >= 15 is 0 Å². The van der Waals surface area contributed by atoms with E-state index in [0.29, 0.717) is 23.5 Å². The van der Waals surface area contributed by atoms with E-state index in [1.54, 1.807) is 6.08 Å². The van der Waals surface area contributed by atoms with E-state index < -0.39 is 0 Å². The van der Waals surface area contributed by atoms with Gasteiger partial charge in [-0.3, -0.25) is 9.59 Å². The Morgan fingerprint density at radius 3 is 2.72 bits per heavy atom. The Morgan fingerprint density at radius 2 is 1.96 bits per heavy atom. The lowest BCUT2D eigenvalue weighted by atomic mass is 9.49. The molecule has 4 aliphatic carbocycles. The monoisotopic (exact) mass is 338 g/mol. The predicted octanol–water partition coefficient (Wildman–Crippen LogP) is 5.20. The van der Waals surface area contributed by atoms with Crippen LogP contribution in [0.25, 0.3) is 0 Å². The Labute approximate surface area is 151 Å². The van der Waals surface area contributed by atoms with Crippen LogP contribution in [0.15, 0.2) is 35.5 Å². The molecule has 0 radical (unpaired) electrons. The molecule has 0 aromatic carbocycles. The first-order chi connectivity index (χ1) is 11.9. The average molecular weight is 338 g/mol. The van der Waals surface area contributed by atoms with Crippen molar-refractivity contribution in [3.63, 3.8) is 0 Å². The summed E-state index contributed by atoms with van der Waals surface area (Å²) in [6.07, 6.45) is 15.6. The third-order valence-corrected chi connectivity index (χ3v) is 7.81. The van der Waals surface area contributed by atoms with Crippen LogP contribution < -0.4 is 0 Å². The minimum atomic E-state index is -0.112. The van der Waals surface area contributed by atoms with E-state index in [2.05, 4.69) is 32.9 Å². The second kappa shape index (κ2) is 5.79. The molecule has 0 heterocycles. The Kier molecular flexibility index (Phi) is 3.94. The van der Waals surface area contributed by atoms with Crippen LogP contribution in [0.4, 0.5) is 0 Å². The summed E-state index contributed by atoms with van der Waals surface area (Å²) in [5.41, 5.74) is 2.50. The van der Waals surface area contributed by atoms with Gasteiger partial charge in [0.1, 0.15) is 5.78 Å². The van der Waals surface area contributed by atoms with Gasteiger partial charge in [-0.15, -0.1) is 0 Å². The van der Waals surface area contributed by atoms with Crippen LogP contribution in [-0.2, 0) is 9.59 Å². The van der Waals surface area contributed by atoms with E-state index in [-0.39, 0.29) is 16.6 Å². The molecule has 2 heteroatoms. The molecule has 4 rings (SSSR count). The molecule has 2 fully saturated rings. The quantitative estimate of drug-likeness (QED) is 0.709. The molecule has 134 valence electrons. The summed E-state index contributed by atoms with van der Waals surface area (Å²) >= 11 is 0. The first-order valence-corrected chi connectivity index (χ1v) is 10.1. The molecule has 4 aliphatic rings. The SMILES string of the molecule is CCCCC1=C[C@@H]2[C@H](CC[C@]3(C)C(=O)CC[C@@H]23)[C@@]2(C)C=CC(=O)C=C12. The van der Waals surface area contributed by atoms with Crippen molar-refractivity contribution in [2.24, 2.45) is 28.6 Å². The maximum absolute atomic E-state index is 12.6. The summed E-state index contributed by atoms with van der Waals surface area (Å²) in [6, 6.07) is 0. The lowest BCUT2D eigenvalue weighted by molar-refractivity contribution is -0.130. The minimum Gasteiger partial charge on any atom is -0.299 e. The second-order valence-electron chi connectivity index (χ2n) is 9.08. The van der Waals surface area contributed by atoms with Crippen LogP contribution in [0.2, 0.25) is 0 Å². The highest BCUT2D eigenvalue weighted by Crippen LogP contribution is 2.63. The molecule has 0 amide bonds. The average Bonchev–Trinajstić information content (AvgIpc) is 2.89. The molecule has 2 saturated carbocycles. The highest BCUT2D eigenvalue weighted by Gasteiger charge is 2.58. The number of carbonyl (C=O) groups is 2. The predicted molar refractivity (Wildman–Crippen MR) is 100.0 cm³/mol. The fourth-order valence-electron chi connectivity index (χ4n) is 6.26. The number of allylic oxidation sites excluding steroid dienone is 6. The van der Waals surface area contributed by atoms with Gasteiger partial charge < -0.3 is 0 Å². The summed E-state index contributed by atoms with van der Waals surface area (Å²) in [5, 5.41) is 0. The van der Waals surface area contributed by atoms with Crippen molar-refractivity contribution in [1.82, 2.24) is 0 Å². The highest BCUT2D eigenvalue weighted by molar-refractivity contribution is 6.02. The van der Waals surface area contributed by atoms with Crippen LogP contribution in [0.1, 0.15) is 65.7 Å². The number of rotatable bonds is 3. The van der Waals surface area contributed by atoms with Crippen molar-refractivity contribution in [2.45, 2.75) is 65.7 Å². The lowest BCUT2D eigenvalue weighted by Gasteiger charge is -2.54. The molecule has 2 nitrogen and oxygen atoms in total. The molecule has 0 aliphatic heterocycles. The van der Waals surface area contributed by atoms with E-state index in [4.69, 9.17) is 0 Å². The minimum absolute atomic E-state index is 0.0383. The normalized spacial score (nSPS) is 42.4.